The molecule has 3 aromatic rings. The molecule has 3 heteroatoms. The van der Waals surface area contributed by atoms with Crippen LogP contribution in [0.1, 0.15) is 24.0 Å². The van der Waals surface area contributed by atoms with E-state index in [0.717, 1.165) is 31.2 Å². The molecule has 0 amide bonds. The second-order valence-electron chi connectivity index (χ2n) is 5.29. The average molecular weight is 277 g/mol. The van der Waals surface area contributed by atoms with Crippen molar-refractivity contribution in [3.63, 3.8) is 0 Å². The number of pyridine rings is 2. The molecule has 0 aliphatic rings. The maximum atomic E-state index is 5.90. The van der Waals surface area contributed by atoms with E-state index in [1.165, 1.54) is 16.5 Å². The lowest BCUT2D eigenvalue weighted by molar-refractivity contribution is 0.735. The van der Waals surface area contributed by atoms with Crippen molar-refractivity contribution in [3.05, 3.63) is 66.0 Å². The largest absolute Gasteiger partial charge is 0.384 e. The third kappa shape index (κ3) is 3.37. The van der Waals surface area contributed by atoms with Gasteiger partial charge in [-0.05, 0) is 55.0 Å². The van der Waals surface area contributed by atoms with Gasteiger partial charge in [0.2, 0.25) is 0 Å². The van der Waals surface area contributed by atoms with Gasteiger partial charge in [-0.2, -0.15) is 0 Å². The van der Waals surface area contributed by atoms with E-state index in [0.29, 0.717) is 5.82 Å². The van der Waals surface area contributed by atoms with Crippen molar-refractivity contribution < 1.29 is 0 Å². The first-order valence-electron chi connectivity index (χ1n) is 7.36. The number of para-hydroxylation sites is 1. The zero-order valence-electron chi connectivity index (χ0n) is 12.0. The molecule has 3 nitrogen and oxygen atoms in total. The minimum Gasteiger partial charge on any atom is -0.384 e. The minimum atomic E-state index is 0.607. The van der Waals surface area contributed by atoms with Crippen LogP contribution in [-0.4, -0.2) is 9.97 Å². The Morgan fingerprint density at radius 2 is 1.81 bits per heavy atom. The summed E-state index contributed by atoms with van der Waals surface area (Å²) < 4.78 is 0. The molecule has 0 bridgehead atoms. The zero-order chi connectivity index (χ0) is 14.5. The molecule has 21 heavy (non-hydrogen) atoms. The van der Waals surface area contributed by atoms with Gasteiger partial charge in [0.15, 0.2) is 0 Å². The van der Waals surface area contributed by atoms with Crippen LogP contribution in [0.25, 0.3) is 10.9 Å². The van der Waals surface area contributed by atoms with Gasteiger partial charge in [-0.3, -0.25) is 4.98 Å². The quantitative estimate of drug-likeness (QED) is 0.722. The Hall–Kier alpha value is -2.42. The van der Waals surface area contributed by atoms with Gasteiger partial charge in [0.25, 0.3) is 0 Å². The van der Waals surface area contributed by atoms with Crippen LogP contribution in [0, 0.1) is 0 Å². The molecule has 3 rings (SSSR count). The molecule has 2 heterocycles. The van der Waals surface area contributed by atoms with E-state index < -0.39 is 0 Å². The highest BCUT2D eigenvalue weighted by Crippen LogP contribution is 2.21. The zero-order valence-corrected chi connectivity index (χ0v) is 12.0. The molecule has 0 saturated heterocycles. The lowest BCUT2D eigenvalue weighted by atomic mass is 10.0. The van der Waals surface area contributed by atoms with E-state index >= 15 is 0 Å². The first-order valence-corrected chi connectivity index (χ1v) is 7.36. The number of nitrogens with zero attached hydrogens (tertiary/aromatic N) is 2. The highest BCUT2D eigenvalue weighted by molar-refractivity contribution is 5.83. The van der Waals surface area contributed by atoms with E-state index in [-0.39, 0.29) is 0 Å². The fraction of sp³-hybridized carbons (Fsp3) is 0.222. The maximum Gasteiger partial charge on any atom is 0.124 e. The van der Waals surface area contributed by atoms with Crippen molar-refractivity contribution in [1.82, 2.24) is 9.97 Å². The molecule has 0 saturated carbocycles. The molecule has 0 unspecified atom stereocenters. The number of nitrogens with two attached hydrogens (primary N) is 1. The number of anilines is 1. The first-order chi connectivity index (χ1) is 10.3. The summed E-state index contributed by atoms with van der Waals surface area (Å²) >= 11 is 0. The third-order valence-corrected chi connectivity index (χ3v) is 3.71. The predicted octanol–water partition coefficient (Wildman–Crippen LogP) is 3.78. The molecule has 0 aliphatic heterocycles. The Morgan fingerprint density at radius 1 is 0.952 bits per heavy atom. The van der Waals surface area contributed by atoms with Gasteiger partial charge in [0, 0.05) is 17.8 Å². The van der Waals surface area contributed by atoms with Crippen LogP contribution in [-0.2, 0) is 12.8 Å². The van der Waals surface area contributed by atoms with Crippen LogP contribution in [0.15, 0.2) is 54.9 Å². The summed E-state index contributed by atoms with van der Waals surface area (Å²) in [5.41, 5.74) is 9.48. The number of fused-ring (bicyclic) bond motifs is 1. The van der Waals surface area contributed by atoms with Crippen molar-refractivity contribution in [2.24, 2.45) is 0 Å². The molecule has 0 radical (unpaired) electrons. The van der Waals surface area contributed by atoms with Gasteiger partial charge in [0.1, 0.15) is 5.82 Å². The van der Waals surface area contributed by atoms with E-state index in [2.05, 4.69) is 28.2 Å². The topological polar surface area (TPSA) is 51.8 Å². The highest BCUT2D eigenvalue weighted by atomic mass is 14.8. The molecule has 0 fully saturated rings. The summed E-state index contributed by atoms with van der Waals surface area (Å²) in [5, 5.41) is 1.22. The number of nitrogen functional groups attached to an aromatic ring is 1. The molecule has 0 atom stereocenters. The molecule has 2 aromatic heterocycles. The van der Waals surface area contributed by atoms with Gasteiger partial charge in [-0.15, -0.1) is 0 Å². The van der Waals surface area contributed by atoms with Gasteiger partial charge < -0.3 is 5.73 Å². The summed E-state index contributed by atoms with van der Waals surface area (Å²) in [5.74, 6) is 0.607. The molecular formula is C18H19N3. The fourth-order valence-corrected chi connectivity index (χ4v) is 2.67. The Labute approximate surface area is 124 Å². The number of unbranched alkanes of at least 4 members (excludes halogenated alkanes) is 1. The summed E-state index contributed by atoms with van der Waals surface area (Å²) in [4.78, 5) is 8.53. The second kappa shape index (κ2) is 6.35. The molecule has 1 aromatic carbocycles. The summed E-state index contributed by atoms with van der Waals surface area (Å²) in [6, 6.07) is 14.3. The van der Waals surface area contributed by atoms with Crippen molar-refractivity contribution in [2.75, 3.05) is 5.73 Å². The van der Waals surface area contributed by atoms with Crippen LogP contribution >= 0.6 is 0 Å². The van der Waals surface area contributed by atoms with E-state index in [4.69, 9.17) is 5.73 Å². The average Bonchev–Trinajstić information content (AvgIpc) is 2.52. The first kappa shape index (κ1) is 13.6. The Kier molecular flexibility index (Phi) is 4.10. The molecular weight excluding hydrogens is 258 g/mol. The van der Waals surface area contributed by atoms with Crippen LogP contribution in [0.5, 0.6) is 0 Å². The van der Waals surface area contributed by atoms with Gasteiger partial charge in [0.05, 0.1) is 5.52 Å². The van der Waals surface area contributed by atoms with Crippen LogP contribution in [0.4, 0.5) is 5.82 Å². The van der Waals surface area contributed by atoms with E-state index in [9.17, 15) is 0 Å². The lowest BCUT2D eigenvalue weighted by Crippen LogP contribution is -1.96. The normalized spacial score (nSPS) is 10.9. The van der Waals surface area contributed by atoms with Crippen molar-refractivity contribution in [2.45, 2.75) is 25.7 Å². The Bertz CT molecular complexity index is 723. The van der Waals surface area contributed by atoms with E-state index in [1.54, 1.807) is 0 Å². The number of aromatic nitrogens is 2. The number of hydrogen-bond donors (Lipinski definition) is 1. The van der Waals surface area contributed by atoms with Gasteiger partial charge >= 0.3 is 0 Å². The van der Waals surface area contributed by atoms with Crippen molar-refractivity contribution >= 4 is 16.7 Å². The summed E-state index contributed by atoms with van der Waals surface area (Å²) in [6.45, 7) is 0. The Morgan fingerprint density at radius 3 is 2.67 bits per heavy atom. The smallest absolute Gasteiger partial charge is 0.124 e. The lowest BCUT2D eigenvalue weighted by Gasteiger charge is -2.07. The maximum absolute atomic E-state index is 5.90. The Balaban J connectivity index is 1.65. The number of aryl methyl sites for hydroxylation is 2. The number of rotatable bonds is 5. The predicted molar refractivity (Wildman–Crippen MR) is 87.0 cm³/mol. The molecule has 2 N–H and O–H groups in total. The monoisotopic (exact) mass is 277 g/mol. The van der Waals surface area contributed by atoms with Crippen LogP contribution in [0.2, 0.25) is 0 Å². The molecule has 0 aliphatic carbocycles. The summed E-state index contributed by atoms with van der Waals surface area (Å²) in [6.07, 6.45) is 8.17. The van der Waals surface area contributed by atoms with Gasteiger partial charge in [-0.1, -0.05) is 24.3 Å². The summed E-state index contributed by atoms with van der Waals surface area (Å²) in [7, 11) is 0. The number of benzene rings is 1. The molecule has 106 valence electrons. The fourth-order valence-electron chi connectivity index (χ4n) is 2.67. The highest BCUT2D eigenvalue weighted by Gasteiger charge is 2.04. The molecule has 0 spiro atoms. The van der Waals surface area contributed by atoms with Gasteiger partial charge in [-0.25, -0.2) is 4.98 Å². The SMILES string of the molecule is Nc1cc(CCCCc2cccnc2)c2ccccc2n1. The van der Waals surface area contributed by atoms with Crippen molar-refractivity contribution in [1.29, 1.82) is 0 Å². The third-order valence-electron chi connectivity index (χ3n) is 3.71. The second-order valence-corrected chi connectivity index (χ2v) is 5.29. The minimum absolute atomic E-state index is 0.607. The van der Waals surface area contributed by atoms with Crippen molar-refractivity contribution in [3.8, 4) is 0 Å². The van der Waals surface area contributed by atoms with Crippen LogP contribution in [0.3, 0.4) is 0 Å². The number of hydrogen-bond acceptors (Lipinski definition) is 3. The van der Waals surface area contributed by atoms with Crippen LogP contribution < -0.4 is 5.73 Å². The standard InChI is InChI=1S/C18H19N3/c19-18-12-15(16-9-3-4-10-17(16)21-18)8-2-1-6-14-7-5-11-20-13-14/h3-5,7,9-13H,1-2,6,8H2,(H2,19,21). The van der Waals surface area contributed by atoms with E-state index in [1.807, 2.05) is 36.7 Å².